The third kappa shape index (κ3) is 2.78. The molecule has 0 bridgehead atoms. The first kappa shape index (κ1) is 19.0. The SMILES string of the molecule is CCOC(=O)/C(C#N)=C1/CC[C@@H]2[C@H]3CC[C@H]4CCCC[C@]4(C)[C@@H]3CC[C@]12C. The van der Waals surface area contributed by atoms with E-state index in [-0.39, 0.29) is 5.41 Å². The molecule has 0 N–H and O–H groups in total. The Labute approximate surface area is 164 Å². The van der Waals surface area contributed by atoms with Crippen LogP contribution >= 0.6 is 0 Å². The second-order valence-corrected chi connectivity index (χ2v) is 10.1. The van der Waals surface area contributed by atoms with Crippen molar-refractivity contribution in [1.29, 1.82) is 5.26 Å². The van der Waals surface area contributed by atoms with Crippen molar-refractivity contribution < 1.29 is 9.53 Å². The fourth-order valence-electron chi connectivity index (χ4n) is 7.96. The molecule has 0 aliphatic heterocycles. The number of rotatable bonds is 2. The first-order valence-electron chi connectivity index (χ1n) is 11.3. The lowest BCUT2D eigenvalue weighted by Gasteiger charge is -2.60. The Morgan fingerprint density at radius 3 is 2.67 bits per heavy atom. The second-order valence-electron chi connectivity index (χ2n) is 10.1. The van der Waals surface area contributed by atoms with E-state index in [1.807, 2.05) is 6.92 Å². The van der Waals surface area contributed by atoms with Crippen molar-refractivity contribution in [3.05, 3.63) is 11.1 Å². The number of hydrogen-bond donors (Lipinski definition) is 0. The number of nitrogens with zero attached hydrogens (tertiary/aromatic N) is 1. The standard InChI is InChI=1S/C24H35NO2/c1-4-27-22(26)18(15-25)20-11-10-19-17-9-8-16-7-5-6-13-23(16,2)21(17)12-14-24(19,20)3/h16-17,19,21H,4-14H2,1-3H3/b20-18-/t16-,17-,19-,21-,23+,24+/m1/s1. The van der Waals surface area contributed by atoms with Crippen molar-refractivity contribution in [3.8, 4) is 6.07 Å². The van der Waals surface area contributed by atoms with Crippen LogP contribution in [-0.2, 0) is 9.53 Å². The van der Waals surface area contributed by atoms with Crippen molar-refractivity contribution in [2.24, 2.45) is 34.5 Å². The first-order valence-corrected chi connectivity index (χ1v) is 11.3. The molecule has 3 heteroatoms. The van der Waals surface area contributed by atoms with Crippen molar-refractivity contribution in [2.45, 2.75) is 85.0 Å². The molecular formula is C24H35NO2. The number of fused-ring (bicyclic) bond motifs is 5. The average molecular weight is 370 g/mol. The van der Waals surface area contributed by atoms with Crippen LogP contribution in [-0.4, -0.2) is 12.6 Å². The maximum Gasteiger partial charge on any atom is 0.348 e. The molecule has 3 nitrogen and oxygen atoms in total. The van der Waals surface area contributed by atoms with Crippen LogP contribution in [0.25, 0.3) is 0 Å². The smallest absolute Gasteiger partial charge is 0.348 e. The van der Waals surface area contributed by atoms with Crippen LogP contribution in [0.5, 0.6) is 0 Å². The van der Waals surface area contributed by atoms with Gasteiger partial charge in [0.05, 0.1) is 6.61 Å². The number of allylic oxidation sites excluding steroid dienone is 1. The summed E-state index contributed by atoms with van der Waals surface area (Å²) >= 11 is 0. The predicted octanol–water partition coefficient (Wildman–Crippen LogP) is 5.80. The molecule has 0 unspecified atom stereocenters. The number of carbonyl (C=O) groups excluding carboxylic acids is 1. The van der Waals surface area contributed by atoms with Gasteiger partial charge in [0.25, 0.3) is 0 Å². The highest BCUT2D eigenvalue weighted by atomic mass is 16.5. The summed E-state index contributed by atoms with van der Waals surface area (Å²) in [6.07, 6.45) is 12.9. The summed E-state index contributed by atoms with van der Waals surface area (Å²) in [5.74, 6) is 2.80. The molecule has 4 aliphatic carbocycles. The van der Waals surface area contributed by atoms with Crippen LogP contribution < -0.4 is 0 Å². The normalized spacial score (nSPS) is 45.1. The molecule has 0 aromatic carbocycles. The summed E-state index contributed by atoms with van der Waals surface area (Å²) in [6, 6.07) is 2.22. The van der Waals surface area contributed by atoms with Crippen LogP contribution in [0.1, 0.15) is 85.0 Å². The number of carbonyl (C=O) groups is 1. The van der Waals surface area contributed by atoms with E-state index < -0.39 is 5.97 Å². The van der Waals surface area contributed by atoms with Gasteiger partial charge in [-0.1, -0.05) is 26.7 Å². The molecule has 0 saturated heterocycles. The quantitative estimate of drug-likeness (QED) is 0.351. The fraction of sp³-hybridized carbons (Fsp3) is 0.833. The highest BCUT2D eigenvalue weighted by Gasteiger charge is 2.59. The molecular weight excluding hydrogens is 334 g/mol. The summed E-state index contributed by atoms with van der Waals surface area (Å²) in [4.78, 5) is 12.4. The average Bonchev–Trinajstić information content (AvgIpc) is 2.99. The Morgan fingerprint density at radius 1 is 1.11 bits per heavy atom. The van der Waals surface area contributed by atoms with Crippen LogP contribution in [0, 0.1) is 45.8 Å². The monoisotopic (exact) mass is 369 g/mol. The van der Waals surface area contributed by atoms with E-state index in [0.29, 0.717) is 23.5 Å². The van der Waals surface area contributed by atoms with Gasteiger partial charge >= 0.3 is 5.97 Å². The van der Waals surface area contributed by atoms with E-state index in [1.54, 1.807) is 0 Å². The van der Waals surface area contributed by atoms with Crippen molar-refractivity contribution in [1.82, 2.24) is 0 Å². The summed E-state index contributed by atoms with van der Waals surface area (Å²) in [5.41, 5.74) is 1.99. The van der Waals surface area contributed by atoms with Gasteiger partial charge < -0.3 is 4.74 Å². The van der Waals surface area contributed by atoms with E-state index in [0.717, 1.165) is 42.6 Å². The Bertz CT molecular complexity index is 689. The van der Waals surface area contributed by atoms with Crippen molar-refractivity contribution in [2.75, 3.05) is 6.61 Å². The Morgan fingerprint density at radius 2 is 1.93 bits per heavy atom. The minimum absolute atomic E-state index is 0.0247. The molecule has 0 radical (unpaired) electrons. The summed E-state index contributed by atoms with van der Waals surface area (Å²) in [6.45, 7) is 7.09. The Balaban J connectivity index is 1.65. The van der Waals surface area contributed by atoms with E-state index in [1.165, 1.54) is 44.9 Å². The Kier molecular flexibility index (Phi) is 4.90. The van der Waals surface area contributed by atoms with Gasteiger partial charge in [0.1, 0.15) is 11.6 Å². The number of nitriles is 1. The van der Waals surface area contributed by atoms with Gasteiger partial charge in [-0.3, -0.25) is 0 Å². The van der Waals surface area contributed by atoms with Gasteiger partial charge in [-0.25, -0.2) is 4.79 Å². The maximum absolute atomic E-state index is 12.4. The van der Waals surface area contributed by atoms with Gasteiger partial charge in [0, 0.05) is 0 Å². The molecule has 4 rings (SSSR count). The summed E-state index contributed by atoms with van der Waals surface area (Å²) in [7, 11) is 0. The first-order chi connectivity index (χ1) is 13.0. The van der Waals surface area contributed by atoms with E-state index >= 15 is 0 Å². The largest absolute Gasteiger partial charge is 0.462 e. The summed E-state index contributed by atoms with van der Waals surface area (Å²) in [5, 5.41) is 9.71. The molecule has 0 spiro atoms. The van der Waals surface area contributed by atoms with Crippen LogP contribution in [0.2, 0.25) is 0 Å². The van der Waals surface area contributed by atoms with Gasteiger partial charge in [-0.15, -0.1) is 0 Å². The predicted molar refractivity (Wildman–Crippen MR) is 106 cm³/mol. The number of ether oxygens (including phenoxy) is 1. The van der Waals surface area contributed by atoms with Gasteiger partial charge in [-0.05, 0) is 98.4 Å². The van der Waals surface area contributed by atoms with Crippen molar-refractivity contribution >= 4 is 5.97 Å². The van der Waals surface area contributed by atoms with E-state index in [9.17, 15) is 10.1 Å². The maximum atomic E-state index is 12.4. The van der Waals surface area contributed by atoms with Gasteiger partial charge in [-0.2, -0.15) is 5.26 Å². The minimum Gasteiger partial charge on any atom is -0.462 e. The number of esters is 1. The lowest BCUT2D eigenvalue weighted by Crippen LogP contribution is -2.52. The molecule has 6 atom stereocenters. The third-order valence-electron chi connectivity index (χ3n) is 9.26. The zero-order valence-corrected chi connectivity index (χ0v) is 17.4. The lowest BCUT2D eigenvalue weighted by molar-refractivity contribution is -0.138. The van der Waals surface area contributed by atoms with Crippen LogP contribution in [0.4, 0.5) is 0 Å². The second kappa shape index (κ2) is 6.94. The number of hydrogen-bond acceptors (Lipinski definition) is 3. The van der Waals surface area contributed by atoms with Crippen LogP contribution in [0.3, 0.4) is 0 Å². The topological polar surface area (TPSA) is 50.1 Å². The summed E-state index contributed by atoms with van der Waals surface area (Å²) < 4.78 is 5.21. The molecule has 4 saturated carbocycles. The molecule has 4 fully saturated rings. The fourth-order valence-corrected chi connectivity index (χ4v) is 7.96. The third-order valence-corrected chi connectivity index (χ3v) is 9.26. The zero-order chi connectivity index (χ0) is 19.2. The highest BCUT2D eigenvalue weighted by molar-refractivity contribution is 5.94. The molecule has 0 aromatic heterocycles. The van der Waals surface area contributed by atoms with Gasteiger partial charge in [0.15, 0.2) is 0 Å². The zero-order valence-electron chi connectivity index (χ0n) is 17.4. The molecule has 0 heterocycles. The molecule has 148 valence electrons. The molecule has 4 aliphatic rings. The lowest BCUT2D eigenvalue weighted by atomic mass is 9.45. The van der Waals surface area contributed by atoms with E-state index in [4.69, 9.17) is 4.74 Å². The molecule has 27 heavy (non-hydrogen) atoms. The van der Waals surface area contributed by atoms with Crippen LogP contribution in [0.15, 0.2) is 11.1 Å². The van der Waals surface area contributed by atoms with E-state index in [2.05, 4.69) is 19.9 Å². The van der Waals surface area contributed by atoms with Gasteiger partial charge in [0.2, 0.25) is 0 Å². The highest BCUT2D eigenvalue weighted by Crippen LogP contribution is 2.67. The Hall–Kier alpha value is -1.30. The molecule has 0 aromatic rings. The molecule has 0 amide bonds. The minimum atomic E-state index is -0.401. The van der Waals surface area contributed by atoms with Crippen molar-refractivity contribution in [3.63, 3.8) is 0 Å².